The lowest BCUT2D eigenvalue weighted by Gasteiger charge is -2.24. The van der Waals surface area contributed by atoms with E-state index in [0.29, 0.717) is 24.2 Å². The van der Waals surface area contributed by atoms with E-state index in [1.165, 1.54) is 0 Å². The Hall–Kier alpha value is -2.04. The molecule has 2 aromatic rings. The average molecular weight is 407 g/mol. The fourth-order valence-corrected chi connectivity index (χ4v) is 4.20. The van der Waals surface area contributed by atoms with Crippen LogP contribution in [-0.2, 0) is 16.6 Å². The molecular weight excluding hydrogens is 387 g/mol. The third-order valence-electron chi connectivity index (χ3n) is 5.06. The standard InChI is InChI=1S/C21H20Cl2O4/c1-12-6-3-4-7-14(12)21(2)11-13-10-15(27-9-5-8-16(24)25)18(22)19(23)17(13)20(21)26/h3-4,6-7,10H,5,8-9,11H2,1-2H3,(H,24,25). The summed E-state index contributed by atoms with van der Waals surface area (Å²) in [4.78, 5) is 23.9. The maximum absolute atomic E-state index is 13.2. The van der Waals surface area contributed by atoms with Crippen LogP contribution in [0.1, 0.15) is 46.8 Å². The van der Waals surface area contributed by atoms with Crippen LogP contribution in [-0.4, -0.2) is 23.5 Å². The molecule has 1 aliphatic carbocycles. The van der Waals surface area contributed by atoms with Crippen LogP contribution in [0, 0.1) is 6.92 Å². The van der Waals surface area contributed by atoms with Crippen molar-refractivity contribution in [2.75, 3.05) is 6.61 Å². The second-order valence-corrected chi connectivity index (χ2v) is 7.79. The van der Waals surface area contributed by atoms with E-state index in [-0.39, 0.29) is 28.9 Å². The van der Waals surface area contributed by atoms with Crippen LogP contribution < -0.4 is 4.74 Å². The van der Waals surface area contributed by atoms with Gasteiger partial charge in [-0.05, 0) is 49.4 Å². The molecule has 0 spiro atoms. The van der Waals surface area contributed by atoms with Gasteiger partial charge in [0.1, 0.15) is 10.8 Å². The highest BCUT2D eigenvalue weighted by molar-refractivity contribution is 6.45. The number of Topliss-reactive ketones (excluding diaryl/α,β-unsaturated/α-hetero) is 1. The molecule has 0 aliphatic heterocycles. The van der Waals surface area contributed by atoms with Gasteiger partial charge in [-0.15, -0.1) is 0 Å². The average Bonchev–Trinajstić information content (AvgIpc) is 2.87. The van der Waals surface area contributed by atoms with Crippen LogP contribution in [0.4, 0.5) is 0 Å². The van der Waals surface area contributed by atoms with Crippen LogP contribution in [0.25, 0.3) is 0 Å². The van der Waals surface area contributed by atoms with Gasteiger partial charge in [0.2, 0.25) is 0 Å². The van der Waals surface area contributed by atoms with Crippen LogP contribution in [0.5, 0.6) is 5.75 Å². The Balaban J connectivity index is 1.93. The van der Waals surface area contributed by atoms with Gasteiger partial charge >= 0.3 is 5.97 Å². The minimum atomic E-state index is -0.878. The molecule has 0 heterocycles. The van der Waals surface area contributed by atoms with Gasteiger partial charge in [0.25, 0.3) is 0 Å². The van der Waals surface area contributed by atoms with Gasteiger partial charge in [-0.3, -0.25) is 9.59 Å². The van der Waals surface area contributed by atoms with Gasteiger partial charge in [0.05, 0.1) is 17.0 Å². The first-order valence-electron chi connectivity index (χ1n) is 8.72. The number of aliphatic carboxylic acids is 1. The first kappa shape index (κ1) is 19.7. The lowest BCUT2D eigenvalue weighted by Crippen LogP contribution is -2.30. The van der Waals surface area contributed by atoms with Crippen molar-refractivity contribution in [3.8, 4) is 5.75 Å². The van der Waals surface area contributed by atoms with E-state index in [4.69, 9.17) is 33.0 Å². The van der Waals surface area contributed by atoms with Gasteiger partial charge in [-0.2, -0.15) is 0 Å². The summed E-state index contributed by atoms with van der Waals surface area (Å²) in [5.74, 6) is -0.542. The van der Waals surface area contributed by atoms with Crippen molar-refractivity contribution < 1.29 is 19.4 Å². The molecular formula is C21H20Cl2O4. The number of carboxylic acids is 1. The quantitative estimate of drug-likeness (QED) is 0.665. The molecule has 3 rings (SSSR count). The highest BCUT2D eigenvalue weighted by atomic mass is 35.5. The van der Waals surface area contributed by atoms with E-state index >= 15 is 0 Å². The second kappa shape index (κ2) is 7.53. The highest BCUT2D eigenvalue weighted by Crippen LogP contribution is 2.47. The number of halogens is 2. The Bertz CT molecular complexity index is 923. The van der Waals surface area contributed by atoms with Crippen molar-refractivity contribution in [1.29, 1.82) is 0 Å². The van der Waals surface area contributed by atoms with E-state index < -0.39 is 11.4 Å². The van der Waals surface area contributed by atoms with E-state index in [0.717, 1.165) is 16.7 Å². The topological polar surface area (TPSA) is 63.6 Å². The molecule has 2 aromatic carbocycles. The maximum Gasteiger partial charge on any atom is 0.303 e. The van der Waals surface area contributed by atoms with Crippen molar-refractivity contribution in [2.45, 2.75) is 38.5 Å². The van der Waals surface area contributed by atoms with E-state index in [9.17, 15) is 9.59 Å². The highest BCUT2D eigenvalue weighted by Gasteiger charge is 2.45. The Kier molecular flexibility index (Phi) is 5.50. The number of carboxylic acid groups (broad SMARTS) is 1. The molecule has 142 valence electrons. The van der Waals surface area contributed by atoms with Gasteiger partial charge in [-0.1, -0.05) is 47.5 Å². The van der Waals surface area contributed by atoms with Crippen LogP contribution in [0.15, 0.2) is 30.3 Å². The van der Waals surface area contributed by atoms with E-state index in [1.54, 1.807) is 6.07 Å². The summed E-state index contributed by atoms with van der Waals surface area (Å²) in [5.41, 5.74) is 2.57. The number of fused-ring (bicyclic) bond motifs is 1. The van der Waals surface area contributed by atoms with E-state index in [1.807, 2.05) is 38.1 Å². The summed E-state index contributed by atoms with van der Waals surface area (Å²) in [5, 5.41) is 9.10. The largest absolute Gasteiger partial charge is 0.492 e. The van der Waals surface area contributed by atoms with Crippen LogP contribution in [0.3, 0.4) is 0 Å². The third kappa shape index (κ3) is 3.56. The zero-order valence-electron chi connectivity index (χ0n) is 15.1. The fourth-order valence-electron chi connectivity index (χ4n) is 3.69. The van der Waals surface area contributed by atoms with Crippen molar-refractivity contribution in [1.82, 2.24) is 0 Å². The molecule has 0 radical (unpaired) electrons. The second-order valence-electron chi connectivity index (χ2n) is 7.04. The maximum atomic E-state index is 13.2. The summed E-state index contributed by atoms with van der Waals surface area (Å²) in [6.07, 6.45) is 0.884. The summed E-state index contributed by atoms with van der Waals surface area (Å²) in [6, 6.07) is 9.59. The van der Waals surface area contributed by atoms with Crippen LogP contribution >= 0.6 is 23.2 Å². The predicted octanol–water partition coefficient (Wildman–Crippen LogP) is 5.24. The number of carbonyl (C=O) groups excluding carboxylic acids is 1. The Morgan fingerprint density at radius 2 is 1.96 bits per heavy atom. The smallest absolute Gasteiger partial charge is 0.303 e. The van der Waals surface area contributed by atoms with Gasteiger partial charge in [-0.25, -0.2) is 0 Å². The molecule has 4 nitrogen and oxygen atoms in total. The van der Waals surface area contributed by atoms with Gasteiger partial charge < -0.3 is 9.84 Å². The molecule has 0 amide bonds. The normalized spacial score (nSPS) is 18.4. The summed E-state index contributed by atoms with van der Waals surface area (Å²) in [6.45, 7) is 4.13. The number of hydrogen-bond acceptors (Lipinski definition) is 3. The number of ketones is 1. The number of ether oxygens (including phenoxy) is 1. The number of rotatable bonds is 6. The number of hydrogen-bond donors (Lipinski definition) is 1. The van der Waals surface area contributed by atoms with Crippen molar-refractivity contribution in [3.63, 3.8) is 0 Å². The summed E-state index contributed by atoms with van der Waals surface area (Å²) in [7, 11) is 0. The van der Waals surface area contributed by atoms with Gasteiger partial charge in [0, 0.05) is 12.0 Å². The molecule has 6 heteroatoms. The number of aryl methyl sites for hydroxylation is 1. The molecule has 1 aliphatic rings. The molecule has 0 aromatic heterocycles. The minimum absolute atomic E-state index is 0.0140. The van der Waals surface area contributed by atoms with Gasteiger partial charge in [0.15, 0.2) is 5.78 Å². The number of benzene rings is 2. The van der Waals surface area contributed by atoms with Crippen LogP contribution in [0.2, 0.25) is 10.0 Å². The summed E-state index contributed by atoms with van der Waals surface area (Å²) >= 11 is 12.8. The van der Waals surface area contributed by atoms with Crippen molar-refractivity contribution >= 4 is 35.0 Å². The van der Waals surface area contributed by atoms with E-state index in [2.05, 4.69) is 0 Å². The molecule has 1 N–H and O–H groups in total. The minimum Gasteiger partial charge on any atom is -0.492 e. The zero-order chi connectivity index (χ0) is 19.8. The molecule has 0 saturated carbocycles. The summed E-state index contributed by atoms with van der Waals surface area (Å²) < 4.78 is 5.64. The van der Waals surface area contributed by atoms with Crippen molar-refractivity contribution in [2.24, 2.45) is 0 Å². The lowest BCUT2D eigenvalue weighted by molar-refractivity contribution is -0.137. The first-order chi connectivity index (χ1) is 12.8. The fraction of sp³-hybridized carbons (Fsp3) is 0.333. The molecule has 0 saturated heterocycles. The Labute approximate surface area is 168 Å². The predicted molar refractivity (Wildman–Crippen MR) is 105 cm³/mol. The first-order valence-corrected chi connectivity index (χ1v) is 9.47. The lowest BCUT2D eigenvalue weighted by atomic mass is 9.77. The molecule has 27 heavy (non-hydrogen) atoms. The Morgan fingerprint density at radius 3 is 2.63 bits per heavy atom. The molecule has 0 bridgehead atoms. The monoisotopic (exact) mass is 406 g/mol. The Morgan fingerprint density at radius 1 is 1.26 bits per heavy atom. The number of carbonyl (C=O) groups is 2. The van der Waals surface area contributed by atoms with Crippen molar-refractivity contribution in [3.05, 3.63) is 62.6 Å². The zero-order valence-corrected chi connectivity index (χ0v) is 16.7. The molecule has 0 fully saturated rings. The SMILES string of the molecule is Cc1ccccc1C1(C)Cc2cc(OCCCC(=O)O)c(Cl)c(Cl)c2C1=O. The molecule has 1 unspecified atom stereocenters. The molecule has 1 atom stereocenters. The third-order valence-corrected chi connectivity index (χ3v) is 5.91.